The number of hydrogen-bond acceptors (Lipinski definition) is 3. The number of rotatable bonds is 5. The van der Waals surface area contributed by atoms with Crippen LogP contribution >= 0.6 is 0 Å². The first kappa shape index (κ1) is 18.6. The van der Waals surface area contributed by atoms with Crippen LogP contribution in [0.4, 0.5) is 0 Å². The van der Waals surface area contributed by atoms with Gasteiger partial charge in [-0.2, -0.15) is 0 Å². The Morgan fingerprint density at radius 1 is 0.793 bits per heavy atom. The highest BCUT2D eigenvalue weighted by molar-refractivity contribution is 6.22. The number of amides is 3. The summed E-state index contributed by atoms with van der Waals surface area (Å²) in [6, 6.07) is 23.8. The number of imide groups is 1. The van der Waals surface area contributed by atoms with Gasteiger partial charge in [0.1, 0.15) is 6.54 Å². The lowest BCUT2D eigenvalue weighted by molar-refractivity contribution is -0.121. The Kier molecular flexibility index (Phi) is 4.96. The van der Waals surface area contributed by atoms with Gasteiger partial charge in [0.15, 0.2) is 0 Å². The fourth-order valence-electron chi connectivity index (χ4n) is 3.50. The third-order valence-electron chi connectivity index (χ3n) is 5.03. The van der Waals surface area contributed by atoms with E-state index in [4.69, 9.17) is 0 Å². The highest BCUT2D eigenvalue weighted by atomic mass is 16.2. The van der Waals surface area contributed by atoms with Crippen molar-refractivity contribution >= 4 is 17.7 Å². The normalized spacial score (nSPS) is 13.9. The zero-order valence-corrected chi connectivity index (χ0v) is 16.0. The van der Waals surface area contributed by atoms with E-state index in [9.17, 15) is 14.4 Å². The molecule has 4 rings (SSSR count). The van der Waals surface area contributed by atoms with E-state index >= 15 is 0 Å². The predicted octanol–water partition coefficient (Wildman–Crippen LogP) is 3.50. The summed E-state index contributed by atoms with van der Waals surface area (Å²) in [4.78, 5) is 38.9. The van der Waals surface area contributed by atoms with Crippen LogP contribution in [0.3, 0.4) is 0 Å². The van der Waals surface area contributed by atoms with Crippen molar-refractivity contribution in [2.24, 2.45) is 0 Å². The van der Waals surface area contributed by atoms with E-state index in [-0.39, 0.29) is 12.6 Å². The smallest absolute Gasteiger partial charge is 0.262 e. The lowest BCUT2D eigenvalue weighted by atomic mass is 9.98. The van der Waals surface area contributed by atoms with Gasteiger partial charge in [-0.25, -0.2) is 0 Å². The quantitative estimate of drug-likeness (QED) is 0.685. The number of hydrogen-bond donors (Lipinski definition) is 1. The summed E-state index contributed by atoms with van der Waals surface area (Å²) in [6.07, 6.45) is 0. The molecule has 1 aliphatic heterocycles. The first-order valence-electron chi connectivity index (χ1n) is 9.40. The molecule has 0 spiro atoms. The lowest BCUT2D eigenvalue weighted by Gasteiger charge is -2.22. The molecule has 1 atom stereocenters. The van der Waals surface area contributed by atoms with Crippen LogP contribution in [0, 0.1) is 6.92 Å². The van der Waals surface area contributed by atoms with Gasteiger partial charge in [0.2, 0.25) is 5.91 Å². The first-order chi connectivity index (χ1) is 14.0. The molecule has 0 radical (unpaired) electrons. The van der Waals surface area contributed by atoms with E-state index in [1.807, 2.05) is 61.5 Å². The number of fused-ring (bicyclic) bond motifs is 1. The molecule has 0 fully saturated rings. The molecule has 5 heteroatoms. The van der Waals surface area contributed by atoms with E-state index in [0.717, 1.165) is 21.6 Å². The summed E-state index contributed by atoms with van der Waals surface area (Å²) in [5, 5.41) is 2.98. The molecule has 3 aromatic carbocycles. The van der Waals surface area contributed by atoms with Gasteiger partial charge in [0, 0.05) is 0 Å². The Bertz CT molecular complexity index is 1040. The molecule has 1 aliphatic rings. The van der Waals surface area contributed by atoms with Crippen molar-refractivity contribution in [1.29, 1.82) is 0 Å². The molecule has 144 valence electrons. The van der Waals surface area contributed by atoms with Gasteiger partial charge in [0.25, 0.3) is 11.8 Å². The van der Waals surface area contributed by atoms with Crippen molar-refractivity contribution in [1.82, 2.24) is 10.2 Å². The molecule has 3 amide bonds. The van der Waals surface area contributed by atoms with Crippen LogP contribution in [-0.2, 0) is 4.79 Å². The predicted molar refractivity (Wildman–Crippen MR) is 109 cm³/mol. The van der Waals surface area contributed by atoms with Crippen LogP contribution < -0.4 is 5.32 Å². The molecule has 1 unspecified atom stereocenters. The molecule has 3 aromatic rings. The summed E-state index contributed by atoms with van der Waals surface area (Å²) in [5.41, 5.74) is 3.65. The van der Waals surface area contributed by atoms with Gasteiger partial charge in [0.05, 0.1) is 17.2 Å². The molecule has 1 N–H and O–H groups in total. The summed E-state index contributed by atoms with van der Waals surface area (Å²) >= 11 is 0. The van der Waals surface area contributed by atoms with Crippen molar-refractivity contribution in [2.45, 2.75) is 13.0 Å². The fraction of sp³-hybridized carbons (Fsp3) is 0.125. The average molecular weight is 384 g/mol. The van der Waals surface area contributed by atoms with Gasteiger partial charge >= 0.3 is 0 Å². The molecule has 5 nitrogen and oxygen atoms in total. The summed E-state index contributed by atoms with van der Waals surface area (Å²) in [5.74, 6) is -1.27. The maximum absolute atomic E-state index is 12.8. The molecule has 0 aliphatic carbocycles. The van der Waals surface area contributed by atoms with Crippen LogP contribution in [0.1, 0.15) is 43.4 Å². The summed E-state index contributed by atoms with van der Waals surface area (Å²) in [6.45, 7) is 1.68. The Hall–Kier alpha value is -3.73. The first-order valence-corrected chi connectivity index (χ1v) is 9.40. The van der Waals surface area contributed by atoms with E-state index < -0.39 is 17.7 Å². The van der Waals surface area contributed by atoms with Gasteiger partial charge in [-0.1, -0.05) is 72.3 Å². The van der Waals surface area contributed by atoms with Crippen LogP contribution in [-0.4, -0.2) is 29.2 Å². The van der Waals surface area contributed by atoms with E-state index in [2.05, 4.69) is 5.32 Å². The van der Waals surface area contributed by atoms with Crippen LogP contribution in [0.15, 0.2) is 78.9 Å². The van der Waals surface area contributed by atoms with Crippen molar-refractivity contribution in [3.63, 3.8) is 0 Å². The van der Waals surface area contributed by atoms with Gasteiger partial charge in [-0.05, 0) is 30.2 Å². The third-order valence-corrected chi connectivity index (χ3v) is 5.03. The Morgan fingerprint density at radius 2 is 1.31 bits per heavy atom. The zero-order chi connectivity index (χ0) is 20.4. The molecule has 0 bridgehead atoms. The molecule has 1 heterocycles. The number of nitrogens with one attached hydrogen (secondary N) is 1. The van der Waals surface area contributed by atoms with Gasteiger partial charge in [-0.15, -0.1) is 0 Å². The van der Waals surface area contributed by atoms with Crippen molar-refractivity contribution in [3.05, 3.63) is 107 Å². The number of carbonyl (C=O) groups is 3. The van der Waals surface area contributed by atoms with Crippen molar-refractivity contribution in [2.75, 3.05) is 6.54 Å². The van der Waals surface area contributed by atoms with E-state index in [0.29, 0.717) is 11.1 Å². The molecule has 29 heavy (non-hydrogen) atoms. The number of aryl methyl sites for hydroxylation is 1. The molecular weight excluding hydrogens is 364 g/mol. The Balaban J connectivity index is 1.56. The highest BCUT2D eigenvalue weighted by Gasteiger charge is 2.36. The minimum atomic E-state index is -0.438. The maximum atomic E-state index is 12.8. The minimum absolute atomic E-state index is 0.318. The fourth-order valence-corrected chi connectivity index (χ4v) is 3.50. The average Bonchev–Trinajstić information content (AvgIpc) is 2.98. The standard InChI is InChI=1S/C24H20N2O3/c1-16-11-13-18(14-12-16)22(17-7-3-2-4-8-17)25-21(27)15-26-23(28)19-9-5-6-10-20(19)24(26)29/h2-14,22H,15H2,1H3,(H,25,27). The number of carbonyl (C=O) groups excluding carboxylic acids is 3. The number of benzene rings is 3. The minimum Gasteiger partial charge on any atom is -0.344 e. The van der Waals surface area contributed by atoms with E-state index in [1.54, 1.807) is 24.3 Å². The summed E-state index contributed by atoms with van der Waals surface area (Å²) in [7, 11) is 0. The van der Waals surface area contributed by atoms with E-state index in [1.165, 1.54) is 0 Å². The largest absolute Gasteiger partial charge is 0.344 e. The SMILES string of the molecule is Cc1ccc(C(NC(=O)CN2C(=O)c3ccccc3C2=O)c2ccccc2)cc1. The second-order valence-corrected chi connectivity index (χ2v) is 7.06. The molecule has 0 saturated heterocycles. The van der Waals surface area contributed by atoms with Crippen LogP contribution in [0.25, 0.3) is 0 Å². The van der Waals surface area contributed by atoms with Crippen molar-refractivity contribution < 1.29 is 14.4 Å². The molecule has 0 saturated carbocycles. The van der Waals surface area contributed by atoms with Gasteiger partial charge in [-0.3, -0.25) is 19.3 Å². The lowest BCUT2D eigenvalue weighted by Crippen LogP contribution is -2.41. The number of nitrogens with zero attached hydrogens (tertiary/aromatic N) is 1. The second kappa shape index (κ2) is 7.72. The zero-order valence-electron chi connectivity index (χ0n) is 16.0. The van der Waals surface area contributed by atoms with Crippen LogP contribution in [0.2, 0.25) is 0 Å². The Labute approximate surface area is 169 Å². The maximum Gasteiger partial charge on any atom is 0.262 e. The second-order valence-electron chi connectivity index (χ2n) is 7.06. The highest BCUT2D eigenvalue weighted by Crippen LogP contribution is 2.24. The summed E-state index contributed by atoms with van der Waals surface area (Å²) < 4.78 is 0. The Morgan fingerprint density at radius 3 is 1.90 bits per heavy atom. The molecular formula is C24H20N2O3. The van der Waals surface area contributed by atoms with Crippen molar-refractivity contribution in [3.8, 4) is 0 Å². The third kappa shape index (κ3) is 3.67. The van der Waals surface area contributed by atoms with Crippen LogP contribution in [0.5, 0.6) is 0 Å². The van der Waals surface area contributed by atoms with Gasteiger partial charge < -0.3 is 5.32 Å². The molecule has 0 aromatic heterocycles. The topological polar surface area (TPSA) is 66.5 Å². The monoisotopic (exact) mass is 384 g/mol.